The number of hydrogen-bond acceptors (Lipinski definition) is 11. The number of aromatic amines is 1. The highest BCUT2D eigenvalue weighted by Gasteiger charge is 2.64. The third-order valence-corrected chi connectivity index (χ3v) is 28.7. The quantitative estimate of drug-likeness (QED) is 0.130. The minimum absolute atomic E-state index is 0.0338. The molecule has 3 aliphatic heterocycles. The van der Waals surface area contributed by atoms with Gasteiger partial charge in [0, 0.05) is 99.3 Å². The monoisotopic (exact) mass is 1400 g/mol. The molecule has 15 rings (SSSR count). The van der Waals surface area contributed by atoms with Crippen LogP contribution in [0.15, 0.2) is 96.2 Å². The number of nitrogens with one attached hydrogen (secondary N) is 1. The predicted molar refractivity (Wildman–Crippen MR) is 391 cm³/mol. The molecule has 1 N–H and O–H groups in total. The Labute approximate surface area is 592 Å². The fourth-order valence-electron chi connectivity index (χ4n) is 23.1. The fraction of sp³-hybridized carbons (Fsp3) is 0.750. The summed E-state index contributed by atoms with van der Waals surface area (Å²) in [6.45, 7) is 38.4. The molecular weight excluding hydrogens is 1270 g/mol. The van der Waals surface area contributed by atoms with E-state index in [9.17, 15) is 4.79 Å². The van der Waals surface area contributed by atoms with Gasteiger partial charge in [0.25, 0.3) is 0 Å². The average Bonchev–Trinajstić information content (AvgIpc) is 1.02. The zero-order valence-corrected chi connectivity index (χ0v) is 62.8. The van der Waals surface area contributed by atoms with E-state index in [1.54, 1.807) is 12.3 Å². The Morgan fingerprint density at radius 2 is 0.835 bits per heavy atom. The van der Waals surface area contributed by atoms with Gasteiger partial charge in [0.05, 0.1) is 51.3 Å². The highest BCUT2D eigenvalue weighted by atomic mass is 79.9. The van der Waals surface area contributed by atoms with Gasteiger partial charge in [-0.15, -0.1) is 0 Å². The van der Waals surface area contributed by atoms with Crippen LogP contribution in [0.4, 0.5) is 0 Å². The molecule has 12 aliphatic rings. The minimum atomic E-state index is 0.0338. The van der Waals surface area contributed by atoms with Crippen LogP contribution in [-0.2, 0) is 28.4 Å². The van der Waals surface area contributed by atoms with Crippen molar-refractivity contribution < 1.29 is 37.9 Å². The molecular formula is C84H124BrN3O9. The number of nitrogens with zero attached hydrogens (tertiary/aromatic N) is 2. The predicted octanol–water partition coefficient (Wildman–Crippen LogP) is 19.7. The molecule has 3 saturated heterocycles. The second-order valence-corrected chi connectivity index (χ2v) is 35.1. The van der Waals surface area contributed by atoms with Gasteiger partial charge in [-0.1, -0.05) is 132 Å². The molecule has 536 valence electrons. The molecule has 0 spiro atoms. The summed E-state index contributed by atoms with van der Waals surface area (Å²) in [7, 11) is 0. The van der Waals surface area contributed by atoms with E-state index in [0.717, 1.165) is 105 Å². The number of allylic oxidation sites excluding steroid dienone is 3. The second kappa shape index (κ2) is 31.1. The summed E-state index contributed by atoms with van der Waals surface area (Å²) in [5.74, 6) is 7.25. The van der Waals surface area contributed by atoms with Gasteiger partial charge < -0.3 is 42.9 Å². The van der Waals surface area contributed by atoms with E-state index in [2.05, 4.69) is 92.2 Å². The maximum Gasteiger partial charge on any atom is 0.181 e. The van der Waals surface area contributed by atoms with Gasteiger partial charge in [-0.2, -0.15) is 0 Å². The maximum absolute atomic E-state index is 10.5. The highest BCUT2D eigenvalue weighted by molar-refractivity contribution is 9.09. The van der Waals surface area contributed by atoms with Crippen molar-refractivity contribution in [2.45, 2.75) is 273 Å². The Bertz CT molecular complexity index is 3070. The molecule has 97 heavy (non-hydrogen) atoms. The summed E-state index contributed by atoms with van der Waals surface area (Å²) in [4.78, 5) is 21.9. The number of rotatable bonds is 13. The van der Waals surface area contributed by atoms with Gasteiger partial charge in [0.1, 0.15) is 11.5 Å². The van der Waals surface area contributed by atoms with Crippen molar-refractivity contribution in [3.05, 3.63) is 119 Å². The average molecular weight is 1400 g/mol. The van der Waals surface area contributed by atoms with Crippen LogP contribution in [0.1, 0.15) is 232 Å². The van der Waals surface area contributed by atoms with Crippen molar-refractivity contribution >= 4 is 15.9 Å². The molecule has 12 nitrogen and oxygen atoms in total. The van der Waals surface area contributed by atoms with E-state index in [-0.39, 0.29) is 51.4 Å². The van der Waals surface area contributed by atoms with Crippen LogP contribution in [0, 0.1) is 107 Å². The Kier molecular flexibility index (Phi) is 23.4. The first kappa shape index (κ1) is 73.1. The molecule has 13 heteroatoms. The van der Waals surface area contributed by atoms with Crippen LogP contribution in [0.2, 0.25) is 0 Å². The zero-order valence-electron chi connectivity index (χ0n) is 61.3. The number of ether oxygens (including phenoxy) is 8. The molecule has 0 amide bonds. The Balaban J connectivity index is 0.000000132. The number of alkyl halides is 1. The summed E-state index contributed by atoms with van der Waals surface area (Å²) in [5, 5.41) is 1.08. The number of aryl methyl sites for hydroxylation is 3. The van der Waals surface area contributed by atoms with Gasteiger partial charge in [-0.25, -0.2) is 0 Å². The van der Waals surface area contributed by atoms with Gasteiger partial charge in [-0.3, -0.25) is 14.8 Å². The standard InChI is InChI=1S/2C28H41NO3.C22H35BrO2.C6H7NO/c2*1-19-9-10-24-27(3,23(19)13-16-30-22-12-15-29-20(2)17-22)14-11-25-28(24,4)18-31-26(32-25)21-7-5-6-8-21;1-15-8-9-18-21(2,17(15)11-13-23)12-10-19-22(18,3)14-24-20(25-19)16-6-4-5-7-16;1-5-4-6(8)2-3-7-5/h2*12,15,17,21,23-26H,1,5-11,13-14,16,18H2,2-4H3;16-20H,1,4-14H2,2-3H3;2-4H,1H3,(H,7,8)/t2*23-,24?,25-,26-,27+,28+;17-,18?,19-,20-,21+,22+;/m111./s1. The molecule has 18 atom stereocenters. The van der Waals surface area contributed by atoms with Crippen LogP contribution < -0.4 is 14.9 Å². The first-order chi connectivity index (χ1) is 46.6. The van der Waals surface area contributed by atoms with Crippen molar-refractivity contribution in [3.8, 4) is 11.5 Å². The Morgan fingerprint density at radius 3 is 1.14 bits per heavy atom. The molecule has 6 heterocycles. The fourth-order valence-corrected chi connectivity index (χ4v) is 23.5. The smallest absolute Gasteiger partial charge is 0.181 e. The third-order valence-electron chi connectivity index (χ3n) is 28.3. The van der Waals surface area contributed by atoms with E-state index >= 15 is 0 Å². The second-order valence-electron chi connectivity index (χ2n) is 34.3. The SMILES string of the molecule is C=C1CCC2[C@]3(C)CO[C@@H](C4CCCC4)O[C@@H]3CC[C@@]2(C)[C@@H]1CCBr.C=C1CCC2[C@]3(C)CO[C@@H](C4CCCC4)O[C@@H]3CC[C@@]2(C)[C@@H]1CCOc1ccnc(C)c1.C=C1CCC2[C@]3(C)CO[C@@H](C4CCCC4)O[C@@H]3CC[C@@]2(C)[C@@H]1CCOc1ccnc(C)c1.Cc1cc(=O)cc[nH]1. The van der Waals surface area contributed by atoms with Crippen LogP contribution in [0.3, 0.4) is 0 Å². The van der Waals surface area contributed by atoms with E-state index < -0.39 is 0 Å². The van der Waals surface area contributed by atoms with E-state index in [1.165, 1.54) is 158 Å². The summed E-state index contributed by atoms with van der Waals surface area (Å²) in [6.07, 6.45) is 39.8. The molecule has 9 aliphatic carbocycles. The summed E-state index contributed by atoms with van der Waals surface area (Å²) >= 11 is 3.69. The van der Waals surface area contributed by atoms with Crippen LogP contribution in [0.25, 0.3) is 0 Å². The van der Waals surface area contributed by atoms with Gasteiger partial charge in [-0.05, 0) is 219 Å². The van der Waals surface area contributed by atoms with E-state index in [1.807, 2.05) is 57.4 Å². The first-order valence-electron chi connectivity index (χ1n) is 38.7. The zero-order chi connectivity index (χ0) is 68.3. The van der Waals surface area contributed by atoms with Crippen molar-refractivity contribution in [3.63, 3.8) is 0 Å². The topological polar surface area (TPSA) is 132 Å². The lowest BCUT2D eigenvalue weighted by atomic mass is 9.46. The lowest BCUT2D eigenvalue weighted by Gasteiger charge is -2.63. The Hall–Kier alpha value is -3.69. The molecule has 0 radical (unpaired) electrons. The van der Waals surface area contributed by atoms with Crippen LogP contribution >= 0.6 is 15.9 Å². The van der Waals surface area contributed by atoms with E-state index in [0.29, 0.717) is 77.0 Å². The molecule has 3 unspecified atom stereocenters. The molecule has 12 fully saturated rings. The number of H-pyrrole nitrogens is 1. The lowest BCUT2D eigenvalue weighted by Crippen LogP contribution is -2.62. The van der Waals surface area contributed by atoms with Crippen molar-refractivity contribution in [1.29, 1.82) is 0 Å². The first-order valence-corrected chi connectivity index (χ1v) is 39.9. The molecule has 0 bridgehead atoms. The van der Waals surface area contributed by atoms with Gasteiger partial charge in [0.15, 0.2) is 24.3 Å². The van der Waals surface area contributed by atoms with Gasteiger partial charge in [0.2, 0.25) is 0 Å². The van der Waals surface area contributed by atoms with Crippen molar-refractivity contribution in [2.75, 3.05) is 38.4 Å². The molecule has 3 aromatic rings. The van der Waals surface area contributed by atoms with Crippen molar-refractivity contribution in [2.24, 2.45) is 85.8 Å². The number of hydrogen-bond donors (Lipinski definition) is 1. The molecule has 9 saturated carbocycles. The van der Waals surface area contributed by atoms with Crippen molar-refractivity contribution in [1.82, 2.24) is 15.0 Å². The van der Waals surface area contributed by atoms with Crippen LogP contribution in [-0.4, -0.2) is 90.5 Å². The molecule has 3 aromatic heterocycles. The van der Waals surface area contributed by atoms with E-state index in [4.69, 9.17) is 37.9 Å². The maximum atomic E-state index is 10.5. The molecule has 0 aromatic carbocycles. The highest BCUT2D eigenvalue weighted by Crippen LogP contribution is 2.67. The largest absolute Gasteiger partial charge is 0.493 e. The number of aromatic nitrogens is 3. The summed E-state index contributed by atoms with van der Waals surface area (Å²) in [6, 6.07) is 11.0. The summed E-state index contributed by atoms with van der Waals surface area (Å²) in [5.41, 5.74) is 8.50. The van der Waals surface area contributed by atoms with Gasteiger partial charge >= 0.3 is 0 Å². The number of halogens is 1. The number of pyridine rings is 3. The number of fused-ring (bicyclic) bond motifs is 9. The summed E-state index contributed by atoms with van der Waals surface area (Å²) < 4.78 is 51.7. The normalized spacial score (nSPS) is 39.6. The third kappa shape index (κ3) is 15.4. The minimum Gasteiger partial charge on any atom is -0.493 e. The lowest BCUT2D eigenvalue weighted by molar-refractivity contribution is -0.316. The van der Waals surface area contributed by atoms with Crippen LogP contribution in [0.5, 0.6) is 11.5 Å². The Morgan fingerprint density at radius 1 is 0.485 bits per heavy atom.